The van der Waals surface area contributed by atoms with Crippen LogP contribution in [0.1, 0.15) is 23.7 Å². The SMILES string of the molecule is COC(=O)c1cccnc1NC(C)CCO. The van der Waals surface area contributed by atoms with Crippen LogP contribution in [0, 0.1) is 0 Å². The topological polar surface area (TPSA) is 71.5 Å². The Kier molecular flexibility index (Phi) is 4.72. The number of aliphatic hydroxyl groups is 1. The second kappa shape index (κ2) is 6.07. The van der Waals surface area contributed by atoms with Crippen LogP contribution in [0.15, 0.2) is 18.3 Å². The molecule has 0 aromatic carbocycles. The van der Waals surface area contributed by atoms with E-state index in [1.807, 2.05) is 6.92 Å². The zero-order valence-electron chi connectivity index (χ0n) is 9.43. The van der Waals surface area contributed by atoms with Gasteiger partial charge in [-0.05, 0) is 25.5 Å². The largest absolute Gasteiger partial charge is 0.465 e. The Morgan fingerprint density at radius 3 is 3.06 bits per heavy atom. The molecule has 1 aromatic heterocycles. The van der Waals surface area contributed by atoms with E-state index < -0.39 is 5.97 Å². The van der Waals surface area contributed by atoms with Crippen LogP contribution in [-0.2, 0) is 4.74 Å². The number of aliphatic hydroxyl groups excluding tert-OH is 1. The smallest absolute Gasteiger partial charge is 0.341 e. The Morgan fingerprint density at radius 1 is 1.69 bits per heavy atom. The lowest BCUT2D eigenvalue weighted by atomic mass is 10.2. The number of hydrogen-bond acceptors (Lipinski definition) is 5. The highest BCUT2D eigenvalue weighted by Crippen LogP contribution is 2.14. The second-order valence-corrected chi connectivity index (χ2v) is 3.45. The highest BCUT2D eigenvalue weighted by molar-refractivity contribution is 5.94. The molecule has 0 aliphatic rings. The number of rotatable bonds is 5. The van der Waals surface area contributed by atoms with E-state index in [0.717, 1.165) is 0 Å². The van der Waals surface area contributed by atoms with Crippen LogP contribution >= 0.6 is 0 Å². The van der Waals surface area contributed by atoms with Gasteiger partial charge in [0, 0.05) is 18.8 Å². The molecule has 0 saturated heterocycles. The molecule has 1 aromatic rings. The van der Waals surface area contributed by atoms with Crippen molar-refractivity contribution in [1.82, 2.24) is 4.98 Å². The fraction of sp³-hybridized carbons (Fsp3) is 0.455. The van der Waals surface area contributed by atoms with Gasteiger partial charge in [0.2, 0.25) is 0 Å². The molecule has 0 saturated carbocycles. The molecule has 0 amide bonds. The lowest BCUT2D eigenvalue weighted by molar-refractivity contribution is 0.0601. The van der Waals surface area contributed by atoms with Gasteiger partial charge in [-0.25, -0.2) is 9.78 Å². The van der Waals surface area contributed by atoms with Crippen LogP contribution in [0.3, 0.4) is 0 Å². The predicted octanol–water partition coefficient (Wildman–Crippen LogP) is 1.05. The number of aromatic nitrogens is 1. The minimum Gasteiger partial charge on any atom is -0.465 e. The van der Waals surface area contributed by atoms with Crippen LogP contribution < -0.4 is 5.32 Å². The Bertz CT molecular complexity index is 355. The molecular weight excluding hydrogens is 208 g/mol. The van der Waals surface area contributed by atoms with Crippen molar-refractivity contribution in [3.05, 3.63) is 23.9 Å². The standard InChI is InChI=1S/C11H16N2O3/c1-8(5-7-14)13-10-9(11(15)16-2)4-3-6-12-10/h3-4,6,8,14H,5,7H2,1-2H3,(H,12,13). The van der Waals surface area contributed by atoms with Crippen molar-refractivity contribution >= 4 is 11.8 Å². The zero-order chi connectivity index (χ0) is 12.0. The van der Waals surface area contributed by atoms with Crippen molar-refractivity contribution < 1.29 is 14.6 Å². The molecule has 5 nitrogen and oxygen atoms in total. The fourth-order valence-corrected chi connectivity index (χ4v) is 1.29. The third-order valence-electron chi connectivity index (χ3n) is 2.16. The van der Waals surface area contributed by atoms with Gasteiger partial charge in [0.25, 0.3) is 0 Å². The Labute approximate surface area is 94.5 Å². The normalized spacial score (nSPS) is 11.9. The van der Waals surface area contributed by atoms with E-state index in [-0.39, 0.29) is 12.6 Å². The summed E-state index contributed by atoms with van der Waals surface area (Å²) < 4.78 is 4.65. The van der Waals surface area contributed by atoms with Crippen molar-refractivity contribution in [2.75, 3.05) is 19.0 Å². The van der Waals surface area contributed by atoms with Gasteiger partial charge < -0.3 is 15.2 Å². The van der Waals surface area contributed by atoms with Gasteiger partial charge in [0.15, 0.2) is 0 Å². The second-order valence-electron chi connectivity index (χ2n) is 3.45. The summed E-state index contributed by atoms with van der Waals surface area (Å²) in [6, 6.07) is 3.37. The quantitative estimate of drug-likeness (QED) is 0.731. The summed E-state index contributed by atoms with van der Waals surface area (Å²) in [5, 5.41) is 11.8. The van der Waals surface area contributed by atoms with Crippen LogP contribution in [0.5, 0.6) is 0 Å². The van der Waals surface area contributed by atoms with E-state index in [9.17, 15) is 4.79 Å². The van der Waals surface area contributed by atoms with Crippen molar-refractivity contribution in [2.24, 2.45) is 0 Å². The average Bonchev–Trinajstić information content (AvgIpc) is 2.29. The molecular formula is C11H16N2O3. The molecule has 1 unspecified atom stereocenters. The molecule has 0 radical (unpaired) electrons. The van der Waals surface area contributed by atoms with Gasteiger partial charge in [0.1, 0.15) is 11.4 Å². The van der Waals surface area contributed by atoms with Gasteiger partial charge in [-0.15, -0.1) is 0 Å². The Hall–Kier alpha value is -1.62. The number of nitrogens with zero attached hydrogens (tertiary/aromatic N) is 1. The van der Waals surface area contributed by atoms with Gasteiger partial charge in [-0.2, -0.15) is 0 Å². The molecule has 1 heterocycles. The molecule has 16 heavy (non-hydrogen) atoms. The molecule has 1 atom stereocenters. The summed E-state index contributed by atoms with van der Waals surface area (Å²) in [5.41, 5.74) is 0.398. The third kappa shape index (κ3) is 3.20. The van der Waals surface area contributed by atoms with E-state index >= 15 is 0 Å². The van der Waals surface area contributed by atoms with Crippen LogP contribution in [0.25, 0.3) is 0 Å². The predicted molar refractivity (Wildman–Crippen MR) is 60.4 cm³/mol. The first kappa shape index (κ1) is 12.4. The van der Waals surface area contributed by atoms with E-state index in [4.69, 9.17) is 5.11 Å². The summed E-state index contributed by atoms with van der Waals surface area (Å²) in [4.78, 5) is 15.5. The van der Waals surface area contributed by atoms with Gasteiger partial charge in [0.05, 0.1) is 7.11 Å². The van der Waals surface area contributed by atoms with Crippen molar-refractivity contribution in [3.63, 3.8) is 0 Å². The monoisotopic (exact) mass is 224 g/mol. The molecule has 0 bridgehead atoms. The van der Waals surface area contributed by atoms with Crippen molar-refractivity contribution in [3.8, 4) is 0 Å². The Balaban J connectivity index is 2.82. The zero-order valence-corrected chi connectivity index (χ0v) is 9.43. The van der Waals surface area contributed by atoms with Crippen LogP contribution in [0.4, 0.5) is 5.82 Å². The lowest BCUT2D eigenvalue weighted by Crippen LogP contribution is -2.19. The summed E-state index contributed by atoms with van der Waals surface area (Å²) in [5.74, 6) is 0.0575. The van der Waals surface area contributed by atoms with Crippen LogP contribution in [0.2, 0.25) is 0 Å². The fourth-order valence-electron chi connectivity index (χ4n) is 1.29. The molecule has 5 heteroatoms. The highest BCUT2D eigenvalue weighted by atomic mass is 16.5. The number of methoxy groups -OCH3 is 1. The van der Waals surface area contributed by atoms with Crippen molar-refractivity contribution in [2.45, 2.75) is 19.4 Å². The number of anilines is 1. The molecule has 1 rings (SSSR count). The maximum absolute atomic E-state index is 11.4. The number of carbonyl (C=O) groups excluding carboxylic acids is 1. The maximum Gasteiger partial charge on any atom is 0.341 e. The average molecular weight is 224 g/mol. The maximum atomic E-state index is 11.4. The third-order valence-corrected chi connectivity index (χ3v) is 2.16. The molecule has 0 fully saturated rings. The van der Waals surface area contributed by atoms with Gasteiger partial charge in [-0.3, -0.25) is 0 Å². The van der Waals surface area contributed by atoms with E-state index in [0.29, 0.717) is 17.8 Å². The molecule has 88 valence electrons. The first-order valence-electron chi connectivity index (χ1n) is 5.09. The Morgan fingerprint density at radius 2 is 2.44 bits per heavy atom. The lowest BCUT2D eigenvalue weighted by Gasteiger charge is -2.14. The summed E-state index contributed by atoms with van der Waals surface area (Å²) in [6.45, 7) is 2.00. The number of carbonyl (C=O) groups is 1. The molecule has 0 spiro atoms. The highest BCUT2D eigenvalue weighted by Gasteiger charge is 2.13. The molecule has 0 aliphatic heterocycles. The van der Waals surface area contributed by atoms with Gasteiger partial charge in [-0.1, -0.05) is 0 Å². The minimum atomic E-state index is -0.424. The molecule has 0 aliphatic carbocycles. The first-order chi connectivity index (χ1) is 7.69. The first-order valence-corrected chi connectivity index (χ1v) is 5.09. The van der Waals surface area contributed by atoms with E-state index in [1.165, 1.54) is 7.11 Å². The van der Waals surface area contributed by atoms with Crippen LogP contribution in [-0.4, -0.2) is 35.8 Å². The van der Waals surface area contributed by atoms with Gasteiger partial charge >= 0.3 is 5.97 Å². The number of ether oxygens (including phenoxy) is 1. The van der Waals surface area contributed by atoms with E-state index in [1.54, 1.807) is 18.3 Å². The number of pyridine rings is 1. The summed E-state index contributed by atoms with van der Waals surface area (Å²) in [6.07, 6.45) is 2.19. The number of esters is 1. The van der Waals surface area contributed by atoms with Crippen molar-refractivity contribution in [1.29, 1.82) is 0 Å². The number of hydrogen-bond donors (Lipinski definition) is 2. The summed E-state index contributed by atoms with van der Waals surface area (Å²) in [7, 11) is 1.33. The summed E-state index contributed by atoms with van der Waals surface area (Å²) >= 11 is 0. The minimum absolute atomic E-state index is 0.0447. The molecule has 2 N–H and O–H groups in total. The number of nitrogens with one attached hydrogen (secondary N) is 1. The van der Waals surface area contributed by atoms with E-state index in [2.05, 4.69) is 15.0 Å².